The fraction of sp³-hybridized carbons (Fsp3) is 0.250. The summed E-state index contributed by atoms with van der Waals surface area (Å²) in [5.41, 5.74) is 0.588. The monoisotopic (exact) mass is 329 g/mol. The van der Waals surface area contributed by atoms with Crippen molar-refractivity contribution in [2.45, 2.75) is 11.8 Å². The Morgan fingerprint density at radius 2 is 2.10 bits per heavy atom. The first-order valence-electron chi connectivity index (χ1n) is 5.92. The number of hydrogen-bond acceptors (Lipinski definition) is 6. The number of H-pyrrole nitrogens is 1. The third kappa shape index (κ3) is 3.22. The van der Waals surface area contributed by atoms with E-state index in [0.717, 1.165) is 6.26 Å². The zero-order valence-corrected chi connectivity index (χ0v) is 12.8. The van der Waals surface area contributed by atoms with Crippen LogP contribution in [-0.2, 0) is 14.6 Å². The van der Waals surface area contributed by atoms with E-state index in [2.05, 4.69) is 15.4 Å². The van der Waals surface area contributed by atoms with Crippen LogP contribution in [0.5, 0.6) is 0 Å². The summed E-state index contributed by atoms with van der Waals surface area (Å²) in [6.07, 6.45) is 1.08. The minimum atomic E-state index is -3.37. The second-order valence-electron chi connectivity index (χ2n) is 4.16. The number of rotatable bonds is 4. The molecule has 0 atom stereocenters. The highest BCUT2D eigenvalue weighted by Gasteiger charge is 2.21. The van der Waals surface area contributed by atoms with Gasteiger partial charge in [0.2, 0.25) is 0 Å². The molecule has 1 heterocycles. The predicted molar refractivity (Wildman–Crippen MR) is 75.9 cm³/mol. The molecule has 0 aliphatic rings. The van der Waals surface area contributed by atoms with E-state index >= 15 is 0 Å². The number of benzene rings is 1. The van der Waals surface area contributed by atoms with Gasteiger partial charge >= 0.3 is 5.97 Å². The molecular formula is C12H12ClN3O4S. The minimum absolute atomic E-state index is 0.00847. The van der Waals surface area contributed by atoms with Gasteiger partial charge in [-0.1, -0.05) is 11.6 Å². The molecule has 2 rings (SSSR count). The molecule has 7 nitrogen and oxygen atoms in total. The van der Waals surface area contributed by atoms with Crippen LogP contribution >= 0.6 is 11.6 Å². The van der Waals surface area contributed by atoms with Crippen molar-refractivity contribution in [3.63, 3.8) is 0 Å². The average molecular weight is 330 g/mol. The number of carbonyl (C=O) groups excluding carboxylic acids is 1. The molecular weight excluding hydrogens is 318 g/mol. The van der Waals surface area contributed by atoms with Crippen LogP contribution in [0.1, 0.15) is 17.4 Å². The van der Waals surface area contributed by atoms with Crippen LogP contribution in [0.15, 0.2) is 23.1 Å². The number of carbonyl (C=O) groups is 1. The molecule has 0 spiro atoms. The Balaban J connectivity index is 2.49. The maximum absolute atomic E-state index is 11.8. The molecule has 2 aromatic rings. The predicted octanol–water partition coefficient (Wildman–Crippen LogP) is 1.71. The summed E-state index contributed by atoms with van der Waals surface area (Å²) in [6, 6.07) is 4.16. The van der Waals surface area contributed by atoms with Gasteiger partial charge in [-0.25, -0.2) is 13.2 Å². The molecule has 21 heavy (non-hydrogen) atoms. The Morgan fingerprint density at radius 1 is 1.38 bits per heavy atom. The van der Waals surface area contributed by atoms with Crippen molar-refractivity contribution in [2.75, 3.05) is 12.9 Å². The Morgan fingerprint density at radius 3 is 2.67 bits per heavy atom. The van der Waals surface area contributed by atoms with E-state index in [-0.39, 0.29) is 27.9 Å². The molecule has 112 valence electrons. The zero-order chi connectivity index (χ0) is 15.6. The highest BCUT2D eigenvalue weighted by Crippen LogP contribution is 2.30. The van der Waals surface area contributed by atoms with E-state index in [0.29, 0.717) is 5.56 Å². The lowest BCUT2D eigenvalue weighted by atomic mass is 10.1. The van der Waals surface area contributed by atoms with Gasteiger partial charge in [0, 0.05) is 11.8 Å². The van der Waals surface area contributed by atoms with Gasteiger partial charge in [-0.3, -0.25) is 0 Å². The van der Waals surface area contributed by atoms with Crippen LogP contribution in [0, 0.1) is 0 Å². The maximum atomic E-state index is 11.8. The van der Waals surface area contributed by atoms with Crippen molar-refractivity contribution in [3.05, 3.63) is 28.9 Å². The highest BCUT2D eigenvalue weighted by atomic mass is 35.5. The highest BCUT2D eigenvalue weighted by molar-refractivity contribution is 7.90. The largest absolute Gasteiger partial charge is 0.461 e. The lowest BCUT2D eigenvalue weighted by Crippen LogP contribution is -2.07. The second kappa shape index (κ2) is 5.82. The third-order valence-electron chi connectivity index (χ3n) is 2.64. The first kappa shape index (κ1) is 15.5. The fourth-order valence-corrected chi connectivity index (χ4v) is 2.66. The Kier molecular flexibility index (Phi) is 4.29. The van der Waals surface area contributed by atoms with E-state index in [9.17, 15) is 13.2 Å². The number of aromatic amines is 1. The number of esters is 1. The minimum Gasteiger partial charge on any atom is -0.461 e. The lowest BCUT2D eigenvalue weighted by molar-refractivity contribution is 0.0520. The first-order valence-corrected chi connectivity index (χ1v) is 8.19. The molecule has 9 heteroatoms. The van der Waals surface area contributed by atoms with Crippen LogP contribution in [0.3, 0.4) is 0 Å². The quantitative estimate of drug-likeness (QED) is 0.857. The van der Waals surface area contributed by atoms with Crippen LogP contribution in [0.25, 0.3) is 11.3 Å². The van der Waals surface area contributed by atoms with E-state index in [1.807, 2.05) is 0 Å². The molecule has 0 radical (unpaired) electrons. The van der Waals surface area contributed by atoms with Gasteiger partial charge in [0.1, 0.15) is 5.69 Å². The third-order valence-corrected chi connectivity index (χ3v) is 4.06. The Hall–Kier alpha value is -1.93. The summed E-state index contributed by atoms with van der Waals surface area (Å²) >= 11 is 6.08. The normalized spacial score (nSPS) is 11.4. The van der Waals surface area contributed by atoms with Crippen molar-refractivity contribution < 1.29 is 17.9 Å². The summed E-state index contributed by atoms with van der Waals surface area (Å²) in [6.45, 7) is 1.87. The van der Waals surface area contributed by atoms with Gasteiger partial charge in [-0.05, 0) is 25.1 Å². The molecule has 0 unspecified atom stereocenters. The van der Waals surface area contributed by atoms with Crippen molar-refractivity contribution >= 4 is 27.4 Å². The smallest absolute Gasteiger partial charge is 0.361 e. The summed E-state index contributed by atoms with van der Waals surface area (Å²) in [5, 5.41) is 10.1. The summed E-state index contributed by atoms with van der Waals surface area (Å²) in [5.74, 6) is -0.635. The summed E-state index contributed by atoms with van der Waals surface area (Å²) in [4.78, 5) is 11.8. The molecule has 1 aromatic heterocycles. The van der Waals surface area contributed by atoms with Gasteiger partial charge in [0.25, 0.3) is 0 Å². The van der Waals surface area contributed by atoms with E-state index in [1.165, 1.54) is 18.2 Å². The lowest BCUT2D eigenvalue weighted by Gasteiger charge is -2.05. The molecule has 0 aliphatic carbocycles. The number of ether oxygens (including phenoxy) is 1. The van der Waals surface area contributed by atoms with E-state index in [4.69, 9.17) is 16.3 Å². The van der Waals surface area contributed by atoms with Gasteiger partial charge in [0.05, 0.1) is 16.5 Å². The second-order valence-corrected chi connectivity index (χ2v) is 6.58. The van der Waals surface area contributed by atoms with Crippen molar-refractivity contribution in [2.24, 2.45) is 0 Å². The molecule has 0 fully saturated rings. The number of sulfone groups is 1. The number of hydrogen-bond donors (Lipinski definition) is 1. The van der Waals surface area contributed by atoms with Gasteiger partial charge < -0.3 is 4.74 Å². The van der Waals surface area contributed by atoms with Crippen molar-refractivity contribution in [1.29, 1.82) is 0 Å². The van der Waals surface area contributed by atoms with E-state index < -0.39 is 15.8 Å². The van der Waals surface area contributed by atoms with Gasteiger partial charge in [0.15, 0.2) is 15.5 Å². The van der Waals surface area contributed by atoms with Crippen LogP contribution in [0.4, 0.5) is 0 Å². The zero-order valence-electron chi connectivity index (χ0n) is 11.3. The number of nitrogens with zero attached hydrogens (tertiary/aromatic N) is 2. The van der Waals surface area contributed by atoms with Gasteiger partial charge in [-0.2, -0.15) is 10.3 Å². The number of nitrogens with one attached hydrogen (secondary N) is 1. The first-order chi connectivity index (χ1) is 9.84. The van der Waals surface area contributed by atoms with Crippen molar-refractivity contribution in [1.82, 2.24) is 15.4 Å². The SMILES string of the molecule is CCOC(=O)c1n[nH]nc1-c1ccc(S(C)(=O)=O)cc1Cl. The Labute approximate surface area is 126 Å². The molecule has 0 aliphatic heterocycles. The van der Waals surface area contributed by atoms with Crippen LogP contribution in [0.2, 0.25) is 5.02 Å². The molecule has 0 bridgehead atoms. The molecule has 1 aromatic carbocycles. The average Bonchev–Trinajstić information content (AvgIpc) is 2.86. The molecule has 0 amide bonds. The molecule has 0 saturated heterocycles. The molecule has 1 N–H and O–H groups in total. The maximum Gasteiger partial charge on any atom is 0.361 e. The Bertz CT molecular complexity index is 786. The fourth-order valence-electron chi connectivity index (χ4n) is 1.68. The topological polar surface area (TPSA) is 102 Å². The standard InChI is InChI=1S/C12H12ClN3O4S/c1-3-20-12(17)11-10(14-16-15-11)8-5-4-7(6-9(8)13)21(2,18)19/h4-6H,3H2,1-2H3,(H,14,15,16). The van der Waals surface area contributed by atoms with Crippen molar-refractivity contribution in [3.8, 4) is 11.3 Å². The number of aromatic nitrogens is 3. The van der Waals surface area contributed by atoms with Gasteiger partial charge in [-0.15, -0.1) is 5.10 Å². The number of halogens is 1. The van der Waals surface area contributed by atoms with Crippen LogP contribution in [-0.4, -0.2) is 42.7 Å². The van der Waals surface area contributed by atoms with E-state index in [1.54, 1.807) is 6.92 Å². The molecule has 0 saturated carbocycles. The summed E-state index contributed by atoms with van der Waals surface area (Å²) in [7, 11) is -3.37. The van der Waals surface area contributed by atoms with Crippen LogP contribution < -0.4 is 0 Å². The summed E-state index contributed by atoms with van der Waals surface area (Å²) < 4.78 is 27.8.